The van der Waals surface area contributed by atoms with Crippen LogP contribution in [0.15, 0.2) is 47.4 Å². The van der Waals surface area contributed by atoms with Gasteiger partial charge in [-0.2, -0.15) is 0 Å². The van der Waals surface area contributed by atoms with Gasteiger partial charge in [-0.25, -0.2) is 4.90 Å². The van der Waals surface area contributed by atoms with E-state index in [1.165, 1.54) is 40.9 Å². The van der Waals surface area contributed by atoms with E-state index in [0.717, 1.165) is 11.1 Å². The number of benzene rings is 2. The molecule has 0 bridgehead atoms. The first-order chi connectivity index (χ1) is 13.2. The Bertz CT molecular complexity index is 1010. The molecule has 28 heavy (non-hydrogen) atoms. The van der Waals surface area contributed by atoms with Crippen LogP contribution >= 0.6 is 11.8 Å². The van der Waals surface area contributed by atoms with E-state index in [9.17, 15) is 19.7 Å². The fourth-order valence-electron chi connectivity index (χ4n) is 3.06. The van der Waals surface area contributed by atoms with Gasteiger partial charge in [0.15, 0.2) is 0 Å². The van der Waals surface area contributed by atoms with Crippen LogP contribution in [0.2, 0.25) is 0 Å². The lowest BCUT2D eigenvalue weighted by molar-refractivity contribution is -0.384. The number of thioether (sulfide) groups is 1. The van der Waals surface area contributed by atoms with Gasteiger partial charge in [0.25, 0.3) is 17.5 Å². The minimum atomic E-state index is -0.494. The molecule has 2 aromatic rings. The minimum absolute atomic E-state index is 0.0643. The first-order valence-corrected chi connectivity index (χ1v) is 9.71. The van der Waals surface area contributed by atoms with E-state index in [1.54, 1.807) is 6.07 Å². The van der Waals surface area contributed by atoms with Crippen LogP contribution in [0.25, 0.3) is 5.57 Å². The molecule has 0 fully saturated rings. The number of hydrogen-bond acceptors (Lipinski definition) is 5. The molecular weight excluding hydrogens is 376 g/mol. The van der Waals surface area contributed by atoms with Gasteiger partial charge in [-0.05, 0) is 48.7 Å². The third-order valence-corrected chi connectivity index (χ3v) is 5.66. The molecule has 1 aliphatic rings. The molecule has 7 heteroatoms. The molecule has 2 aromatic carbocycles. The second-order valence-corrected chi connectivity index (χ2v) is 8.43. The highest BCUT2D eigenvalue weighted by Crippen LogP contribution is 2.41. The van der Waals surface area contributed by atoms with Crippen molar-refractivity contribution in [3.8, 4) is 0 Å². The number of carbonyl (C=O) groups is 2. The van der Waals surface area contributed by atoms with Gasteiger partial charge >= 0.3 is 0 Å². The largest absolute Gasteiger partial charge is 0.272 e. The number of nitro benzene ring substituents is 1. The molecule has 3 rings (SSSR count). The van der Waals surface area contributed by atoms with E-state index < -0.39 is 10.8 Å². The number of hydrogen-bond donors (Lipinski definition) is 0. The summed E-state index contributed by atoms with van der Waals surface area (Å²) in [5.74, 6) is -0.763. The fourth-order valence-corrected chi connectivity index (χ4v) is 4.04. The van der Waals surface area contributed by atoms with Crippen LogP contribution in [0.4, 0.5) is 11.4 Å². The number of nitrogens with zero attached hydrogens (tertiary/aromatic N) is 2. The Morgan fingerprint density at radius 3 is 2.21 bits per heavy atom. The molecule has 0 saturated heterocycles. The van der Waals surface area contributed by atoms with Crippen molar-refractivity contribution in [1.82, 2.24) is 0 Å². The van der Waals surface area contributed by atoms with Crippen LogP contribution in [0.5, 0.6) is 0 Å². The monoisotopic (exact) mass is 396 g/mol. The molecule has 0 aliphatic carbocycles. The van der Waals surface area contributed by atoms with Gasteiger partial charge in [-0.3, -0.25) is 19.7 Å². The minimum Gasteiger partial charge on any atom is -0.268 e. The van der Waals surface area contributed by atoms with E-state index in [-0.39, 0.29) is 16.8 Å². The summed E-state index contributed by atoms with van der Waals surface area (Å²) in [5, 5.41) is 11.0. The molecule has 0 N–H and O–H groups in total. The Kier molecular flexibility index (Phi) is 5.38. The normalized spacial score (nSPS) is 14.4. The first kappa shape index (κ1) is 19.8. The lowest BCUT2D eigenvalue weighted by atomic mass is 10.0. The summed E-state index contributed by atoms with van der Waals surface area (Å²) in [6.45, 7) is 7.70. The van der Waals surface area contributed by atoms with Crippen molar-refractivity contribution >= 4 is 40.5 Å². The van der Waals surface area contributed by atoms with Crippen LogP contribution in [-0.4, -0.2) is 22.0 Å². The highest BCUT2D eigenvalue weighted by molar-refractivity contribution is 8.04. The van der Waals surface area contributed by atoms with Gasteiger partial charge in [0.2, 0.25) is 0 Å². The number of rotatable bonds is 5. The molecule has 0 spiro atoms. The molecule has 1 heterocycles. The number of imide groups is 1. The van der Waals surface area contributed by atoms with Crippen molar-refractivity contribution in [3.05, 3.63) is 74.2 Å². The van der Waals surface area contributed by atoms with E-state index in [2.05, 4.69) is 0 Å². The number of anilines is 1. The third kappa shape index (κ3) is 3.45. The first-order valence-electron chi connectivity index (χ1n) is 8.83. The molecule has 144 valence electrons. The molecule has 0 saturated carbocycles. The topological polar surface area (TPSA) is 80.5 Å². The molecule has 0 radical (unpaired) electrons. The van der Waals surface area contributed by atoms with Gasteiger partial charge in [-0.1, -0.05) is 26.0 Å². The van der Waals surface area contributed by atoms with Gasteiger partial charge < -0.3 is 0 Å². The lowest BCUT2D eigenvalue weighted by Crippen LogP contribution is -2.32. The zero-order valence-electron chi connectivity index (χ0n) is 16.1. The number of amides is 2. The summed E-state index contributed by atoms with van der Waals surface area (Å²) in [5.41, 5.74) is 3.14. The maximum atomic E-state index is 13.3. The predicted octanol–water partition coefficient (Wildman–Crippen LogP) is 4.64. The number of aryl methyl sites for hydroxylation is 1. The summed E-state index contributed by atoms with van der Waals surface area (Å²) >= 11 is 1.33. The highest BCUT2D eigenvalue weighted by Gasteiger charge is 2.41. The predicted molar refractivity (Wildman–Crippen MR) is 111 cm³/mol. The quantitative estimate of drug-likeness (QED) is 0.418. The second kappa shape index (κ2) is 7.59. The van der Waals surface area contributed by atoms with Gasteiger partial charge in [0.05, 0.1) is 21.1 Å². The molecule has 1 aliphatic heterocycles. The van der Waals surface area contributed by atoms with Crippen LogP contribution in [0.1, 0.15) is 30.5 Å². The highest BCUT2D eigenvalue weighted by atomic mass is 32.2. The number of nitro groups is 1. The molecule has 2 amide bonds. The van der Waals surface area contributed by atoms with Crippen molar-refractivity contribution < 1.29 is 14.5 Å². The third-order valence-electron chi connectivity index (χ3n) is 4.58. The maximum absolute atomic E-state index is 13.3. The molecule has 0 unspecified atom stereocenters. The van der Waals surface area contributed by atoms with Crippen molar-refractivity contribution in [2.45, 2.75) is 32.9 Å². The van der Waals surface area contributed by atoms with Crippen LogP contribution in [0, 0.1) is 24.0 Å². The summed E-state index contributed by atoms with van der Waals surface area (Å²) in [6.07, 6.45) is 0. The average molecular weight is 396 g/mol. The summed E-state index contributed by atoms with van der Waals surface area (Å²) < 4.78 is 0. The van der Waals surface area contributed by atoms with Crippen LogP contribution in [-0.2, 0) is 9.59 Å². The van der Waals surface area contributed by atoms with Crippen molar-refractivity contribution in [2.24, 2.45) is 0 Å². The smallest absolute Gasteiger partial charge is 0.268 e. The summed E-state index contributed by atoms with van der Waals surface area (Å²) in [6, 6.07) is 11.2. The zero-order valence-corrected chi connectivity index (χ0v) is 16.9. The van der Waals surface area contributed by atoms with Crippen LogP contribution in [0.3, 0.4) is 0 Å². The lowest BCUT2D eigenvalue weighted by Gasteiger charge is -2.19. The van der Waals surface area contributed by atoms with Crippen molar-refractivity contribution in [1.29, 1.82) is 0 Å². The van der Waals surface area contributed by atoms with Gasteiger partial charge in [-0.15, -0.1) is 11.8 Å². The Labute approximate surface area is 167 Å². The maximum Gasteiger partial charge on any atom is 0.272 e. The van der Waals surface area contributed by atoms with E-state index in [1.807, 2.05) is 39.8 Å². The SMILES string of the molecule is Cc1cccc(N2C(=O)C(SC(C)C)=C(c3ccc([N+](=O)[O-])cc3)C2=O)c1C. The Hall–Kier alpha value is -2.93. The summed E-state index contributed by atoms with van der Waals surface area (Å²) in [7, 11) is 0. The average Bonchev–Trinajstić information content (AvgIpc) is 2.87. The molecule has 6 nitrogen and oxygen atoms in total. The molecule has 0 atom stereocenters. The Morgan fingerprint density at radius 1 is 1.00 bits per heavy atom. The van der Waals surface area contributed by atoms with Crippen molar-refractivity contribution in [3.63, 3.8) is 0 Å². The summed E-state index contributed by atoms with van der Waals surface area (Å²) in [4.78, 5) is 38.5. The van der Waals surface area contributed by atoms with Gasteiger partial charge in [0, 0.05) is 17.4 Å². The number of carbonyl (C=O) groups excluding carboxylic acids is 2. The van der Waals surface area contributed by atoms with Gasteiger partial charge in [0.1, 0.15) is 0 Å². The fraction of sp³-hybridized carbons (Fsp3) is 0.238. The Morgan fingerprint density at radius 2 is 1.64 bits per heavy atom. The number of non-ortho nitro benzene ring substituents is 1. The van der Waals surface area contributed by atoms with E-state index >= 15 is 0 Å². The molecular formula is C21H20N2O4S. The van der Waals surface area contributed by atoms with E-state index in [0.29, 0.717) is 21.7 Å². The van der Waals surface area contributed by atoms with Crippen molar-refractivity contribution in [2.75, 3.05) is 4.90 Å². The van der Waals surface area contributed by atoms with Crippen LogP contribution < -0.4 is 4.90 Å². The zero-order chi connectivity index (χ0) is 20.6. The standard InChI is InChI=1S/C21H20N2O4S/c1-12(2)28-19-18(15-8-10-16(11-9-15)23(26)27)20(24)22(21(19)25)17-7-5-6-13(3)14(17)4/h5-12H,1-4H3. The molecule has 0 aromatic heterocycles. The Balaban J connectivity index is 2.13. The second-order valence-electron chi connectivity index (χ2n) is 6.84. The van der Waals surface area contributed by atoms with E-state index in [4.69, 9.17) is 0 Å².